The van der Waals surface area contributed by atoms with Crippen molar-refractivity contribution in [2.24, 2.45) is 0 Å². The Morgan fingerprint density at radius 2 is 2.10 bits per heavy atom. The first-order chi connectivity index (χ1) is 9.58. The second-order valence-corrected chi connectivity index (χ2v) is 4.34. The van der Waals surface area contributed by atoms with E-state index in [-0.39, 0.29) is 24.1 Å². The Kier molecular flexibility index (Phi) is 4.28. The molecule has 108 valence electrons. The first-order valence-corrected chi connectivity index (χ1v) is 6.13. The second-order valence-electron chi connectivity index (χ2n) is 4.34. The molecule has 0 radical (unpaired) electrons. The molecule has 9 heteroatoms. The standard InChI is InChI=1S/C11H15N5O4/c1-20-11(19)12-9-6-16(14-13-9)7-10(18)15-4-2-8(17)3-5-15/h6H,2-5,7H2,1H3,(H,12,19). The monoisotopic (exact) mass is 281 g/mol. The third kappa shape index (κ3) is 3.53. The van der Waals surface area contributed by atoms with Gasteiger partial charge in [0.15, 0.2) is 5.82 Å². The maximum Gasteiger partial charge on any atom is 0.412 e. The van der Waals surface area contributed by atoms with Crippen molar-refractivity contribution in [1.29, 1.82) is 0 Å². The zero-order chi connectivity index (χ0) is 14.5. The molecule has 1 aliphatic heterocycles. The molecule has 1 saturated heterocycles. The highest BCUT2D eigenvalue weighted by atomic mass is 16.5. The van der Waals surface area contributed by atoms with E-state index in [4.69, 9.17) is 0 Å². The summed E-state index contributed by atoms with van der Waals surface area (Å²) in [7, 11) is 1.24. The van der Waals surface area contributed by atoms with Gasteiger partial charge in [-0.15, -0.1) is 5.10 Å². The molecule has 20 heavy (non-hydrogen) atoms. The topological polar surface area (TPSA) is 106 Å². The number of nitrogens with zero attached hydrogens (tertiary/aromatic N) is 4. The zero-order valence-corrected chi connectivity index (χ0v) is 11.0. The molecule has 0 unspecified atom stereocenters. The summed E-state index contributed by atoms with van der Waals surface area (Å²) in [6, 6.07) is 0. The number of Topliss-reactive ketones (excluding diaryl/α,β-unsaturated/α-hetero) is 1. The Balaban J connectivity index is 1.88. The molecule has 2 amide bonds. The normalized spacial score (nSPS) is 15.1. The smallest absolute Gasteiger partial charge is 0.412 e. The number of hydrogen-bond acceptors (Lipinski definition) is 6. The predicted octanol–water partition coefficient (Wildman–Crippen LogP) is -0.352. The van der Waals surface area contributed by atoms with E-state index in [0.717, 1.165) is 0 Å². The summed E-state index contributed by atoms with van der Waals surface area (Å²) in [5.74, 6) is 0.255. The van der Waals surface area contributed by atoms with Gasteiger partial charge in [0.25, 0.3) is 0 Å². The van der Waals surface area contributed by atoms with E-state index >= 15 is 0 Å². The van der Waals surface area contributed by atoms with Crippen LogP contribution in [0.15, 0.2) is 6.20 Å². The molecule has 0 bridgehead atoms. The first-order valence-electron chi connectivity index (χ1n) is 6.13. The molecule has 1 aromatic heterocycles. The van der Waals surface area contributed by atoms with Crippen LogP contribution in [0.4, 0.5) is 10.6 Å². The van der Waals surface area contributed by atoms with Crippen LogP contribution in [0, 0.1) is 0 Å². The third-order valence-corrected chi connectivity index (χ3v) is 2.93. The number of methoxy groups -OCH3 is 1. The zero-order valence-electron chi connectivity index (χ0n) is 11.0. The van der Waals surface area contributed by atoms with Crippen LogP contribution in [0.3, 0.4) is 0 Å². The number of ketones is 1. The number of likely N-dealkylation sites (tertiary alicyclic amines) is 1. The van der Waals surface area contributed by atoms with E-state index in [0.29, 0.717) is 25.9 Å². The Hall–Kier alpha value is -2.45. The molecule has 1 aromatic rings. The van der Waals surface area contributed by atoms with Gasteiger partial charge in [-0.3, -0.25) is 14.9 Å². The summed E-state index contributed by atoms with van der Waals surface area (Å²) in [4.78, 5) is 35.7. The lowest BCUT2D eigenvalue weighted by Gasteiger charge is -2.25. The van der Waals surface area contributed by atoms with Gasteiger partial charge in [-0.2, -0.15) is 0 Å². The number of piperidine rings is 1. The van der Waals surface area contributed by atoms with Crippen LogP contribution in [0.5, 0.6) is 0 Å². The number of carbonyl (C=O) groups excluding carboxylic acids is 3. The maximum absolute atomic E-state index is 12.0. The summed E-state index contributed by atoms with van der Waals surface area (Å²) in [6.07, 6.45) is 1.58. The van der Waals surface area contributed by atoms with Gasteiger partial charge in [0, 0.05) is 25.9 Å². The minimum Gasteiger partial charge on any atom is -0.453 e. The number of rotatable bonds is 3. The molecule has 0 saturated carbocycles. The van der Waals surface area contributed by atoms with E-state index in [2.05, 4.69) is 20.4 Å². The first kappa shape index (κ1) is 14.0. The highest BCUT2D eigenvalue weighted by Gasteiger charge is 2.21. The number of amides is 2. The van der Waals surface area contributed by atoms with Crippen molar-refractivity contribution in [2.45, 2.75) is 19.4 Å². The van der Waals surface area contributed by atoms with Gasteiger partial charge in [-0.1, -0.05) is 5.21 Å². The fraction of sp³-hybridized carbons (Fsp3) is 0.545. The van der Waals surface area contributed by atoms with Gasteiger partial charge in [0.05, 0.1) is 13.3 Å². The predicted molar refractivity (Wildman–Crippen MR) is 66.9 cm³/mol. The number of aromatic nitrogens is 3. The summed E-state index contributed by atoms with van der Waals surface area (Å²) in [5, 5.41) is 9.77. The van der Waals surface area contributed by atoms with Gasteiger partial charge < -0.3 is 9.64 Å². The summed E-state index contributed by atoms with van der Waals surface area (Å²) < 4.78 is 5.74. The molecule has 0 aliphatic carbocycles. The van der Waals surface area contributed by atoms with Crippen molar-refractivity contribution in [1.82, 2.24) is 19.9 Å². The van der Waals surface area contributed by atoms with Crippen LogP contribution >= 0.6 is 0 Å². The third-order valence-electron chi connectivity index (χ3n) is 2.93. The average Bonchev–Trinajstić information content (AvgIpc) is 2.86. The van der Waals surface area contributed by atoms with E-state index in [1.165, 1.54) is 18.0 Å². The average molecular weight is 281 g/mol. The van der Waals surface area contributed by atoms with E-state index in [9.17, 15) is 14.4 Å². The largest absolute Gasteiger partial charge is 0.453 e. The minimum absolute atomic E-state index is 0.0179. The molecule has 2 rings (SSSR count). The highest BCUT2D eigenvalue weighted by Crippen LogP contribution is 2.07. The van der Waals surface area contributed by atoms with Crippen LogP contribution < -0.4 is 5.32 Å². The highest BCUT2D eigenvalue weighted by molar-refractivity contribution is 5.84. The molecule has 2 heterocycles. The Morgan fingerprint density at radius 1 is 1.40 bits per heavy atom. The van der Waals surface area contributed by atoms with E-state index in [1.807, 2.05) is 0 Å². The summed E-state index contributed by atoms with van der Waals surface area (Å²) in [5.41, 5.74) is 0. The van der Waals surface area contributed by atoms with Gasteiger partial charge in [-0.25, -0.2) is 9.48 Å². The summed E-state index contributed by atoms with van der Waals surface area (Å²) in [6.45, 7) is 0.906. The van der Waals surface area contributed by atoms with E-state index in [1.54, 1.807) is 4.90 Å². The number of carbonyl (C=O) groups is 3. The van der Waals surface area contributed by atoms with Gasteiger partial charge in [0.1, 0.15) is 12.3 Å². The van der Waals surface area contributed by atoms with Crippen LogP contribution in [0.2, 0.25) is 0 Å². The lowest BCUT2D eigenvalue weighted by molar-refractivity contribution is -0.135. The molecular formula is C11H15N5O4. The van der Waals surface area contributed by atoms with Crippen LogP contribution in [-0.4, -0.2) is 57.9 Å². The SMILES string of the molecule is COC(=O)Nc1cn(CC(=O)N2CCC(=O)CC2)nn1. The van der Waals surface area contributed by atoms with Crippen molar-refractivity contribution < 1.29 is 19.1 Å². The van der Waals surface area contributed by atoms with Gasteiger partial charge >= 0.3 is 6.09 Å². The quantitative estimate of drug-likeness (QED) is 0.811. The van der Waals surface area contributed by atoms with Crippen molar-refractivity contribution in [3.05, 3.63) is 6.20 Å². The number of ether oxygens (including phenoxy) is 1. The molecule has 0 atom stereocenters. The summed E-state index contributed by atoms with van der Waals surface area (Å²) >= 11 is 0. The molecule has 0 aromatic carbocycles. The Bertz CT molecular complexity index is 517. The Labute approximate surface area is 114 Å². The van der Waals surface area contributed by atoms with Crippen molar-refractivity contribution >= 4 is 23.6 Å². The van der Waals surface area contributed by atoms with Crippen molar-refractivity contribution in [3.8, 4) is 0 Å². The van der Waals surface area contributed by atoms with Gasteiger partial charge in [0.2, 0.25) is 5.91 Å². The van der Waals surface area contributed by atoms with Crippen molar-refractivity contribution in [2.75, 3.05) is 25.5 Å². The van der Waals surface area contributed by atoms with Crippen LogP contribution in [0.1, 0.15) is 12.8 Å². The van der Waals surface area contributed by atoms with Crippen LogP contribution in [-0.2, 0) is 20.9 Å². The number of nitrogens with one attached hydrogen (secondary N) is 1. The molecule has 1 aliphatic rings. The van der Waals surface area contributed by atoms with Crippen molar-refractivity contribution in [3.63, 3.8) is 0 Å². The minimum atomic E-state index is -0.655. The van der Waals surface area contributed by atoms with E-state index < -0.39 is 6.09 Å². The number of hydrogen-bond donors (Lipinski definition) is 1. The fourth-order valence-corrected chi connectivity index (χ4v) is 1.83. The number of anilines is 1. The van der Waals surface area contributed by atoms with Crippen LogP contribution in [0.25, 0.3) is 0 Å². The van der Waals surface area contributed by atoms with Gasteiger partial charge in [-0.05, 0) is 0 Å². The molecule has 9 nitrogen and oxygen atoms in total. The lowest BCUT2D eigenvalue weighted by Crippen LogP contribution is -2.40. The lowest BCUT2D eigenvalue weighted by atomic mass is 10.1. The molecular weight excluding hydrogens is 266 g/mol. The molecule has 0 spiro atoms. The molecule has 1 fully saturated rings. The second kappa shape index (κ2) is 6.13. The fourth-order valence-electron chi connectivity index (χ4n) is 1.83. The molecule has 1 N–H and O–H groups in total. The Morgan fingerprint density at radius 3 is 2.75 bits per heavy atom. The maximum atomic E-state index is 12.0.